The molecular weight excluding hydrogens is 367 g/mol. The van der Waals surface area contributed by atoms with Crippen LogP contribution >= 0.6 is 11.6 Å². The van der Waals surface area contributed by atoms with Crippen molar-refractivity contribution < 1.29 is 12.8 Å². The summed E-state index contributed by atoms with van der Waals surface area (Å²) >= 11 is 5.66. The molecule has 134 valence electrons. The van der Waals surface area contributed by atoms with E-state index in [0.29, 0.717) is 11.6 Å². The Kier molecular flexibility index (Phi) is 5.21. The molecule has 0 radical (unpaired) electrons. The fourth-order valence-corrected chi connectivity index (χ4v) is 3.93. The van der Waals surface area contributed by atoms with Crippen LogP contribution < -0.4 is 9.62 Å². The SMILES string of the molecule is Cc1cc(CNS(=O)(=O)c2ccc(F)c(Cl)c2)nc(N2CCCC2)n1. The van der Waals surface area contributed by atoms with Crippen LogP contribution in [0.15, 0.2) is 29.2 Å². The van der Waals surface area contributed by atoms with Crippen LogP contribution in [0.2, 0.25) is 5.02 Å². The summed E-state index contributed by atoms with van der Waals surface area (Å²) in [7, 11) is -3.82. The van der Waals surface area contributed by atoms with Crippen LogP contribution in [-0.4, -0.2) is 31.5 Å². The number of aryl methyl sites for hydroxylation is 1. The maximum Gasteiger partial charge on any atom is 0.240 e. The molecule has 9 heteroatoms. The summed E-state index contributed by atoms with van der Waals surface area (Å²) in [5.74, 6) is -0.0428. The van der Waals surface area contributed by atoms with Gasteiger partial charge in [0.1, 0.15) is 5.82 Å². The smallest absolute Gasteiger partial charge is 0.240 e. The van der Waals surface area contributed by atoms with Crippen molar-refractivity contribution in [1.29, 1.82) is 0 Å². The lowest BCUT2D eigenvalue weighted by Crippen LogP contribution is -2.25. The molecule has 1 saturated heterocycles. The van der Waals surface area contributed by atoms with E-state index in [1.165, 1.54) is 6.07 Å². The van der Waals surface area contributed by atoms with Crippen LogP contribution in [0.25, 0.3) is 0 Å². The molecule has 1 aliphatic heterocycles. The summed E-state index contributed by atoms with van der Waals surface area (Å²) in [6, 6.07) is 5.02. The Morgan fingerprint density at radius 1 is 1.24 bits per heavy atom. The third-order valence-corrected chi connectivity index (χ3v) is 5.62. The van der Waals surface area contributed by atoms with Crippen LogP contribution in [0.4, 0.5) is 10.3 Å². The number of anilines is 1. The highest BCUT2D eigenvalue weighted by Gasteiger charge is 2.18. The van der Waals surface area contributed by atoms with Crippen molar-refractivity contribution >= 4 is 27.6 Å². The number of sulfonamides is 1. The van der Waals surface area contributed by atoms with Gasteiger partial charge in [0.25, 0.3) is 0 Å². The molecule has 1 aromatic heterocycles. The number of rotatable bonds is 5. The van der Waals surface area contributed by atoms with E-state index < -0.39 is 15.8 Å². The number of aromatic nitrogens is 2. The fourth-order valence-electron chi connectivity index (χ4n) is 2.66. The van der Waals surface area contributed by atoms with Crippen molar-refractivity contribution in [2.75, 3.05) is 18.0 Å². The normalized spacial score (nSPS) is 14.9. The Labute approximate surface area is 151 Å². The van der Waals surface area contributed by atoms with Gasteiger partial charge in [-0.25, -0.2) is 27.5 Å². The number of nitrogens with zero attached hydrogens (tertiary/aromatic N) is 3. The molecule has 3 rings (SSSR count). The summed E-state index contributed by atoms with van der Waals surface area (Å²) in [4.78, 5) is 10.9. The van der Waals surface area contributed by atoms with Gasteiger partial charge in [-0.2, -0.15) is 0 Å². The second-order valence-electron chi connectivity index (χ2n) is 5.90. The molecule has 1 N–H and O–H groups in total. The van der Waals surface area contributed by atoms with E-state index in [1.807, 2.05) is 6.92 Å². The van der Waals surface area contributed by atoms with E-state index in [4.69, 9.17) is 11.6 Å². The molecule has 1 aromatic carbocycles. The lowest BCUT2D eigenvalue weighted by molar-refractivity contribution is 0.579. The summed E-state index contributed by atoms with van der Waals surface area (Å²) in [6.07, 6.45) is 2.20. The van der Waals surface area contributed by atoms with Crippen molar-refractivity contribution in [3.8, 4) is 0 Å². The predicted molar refractivity (Wildman–Crippen MR) is 93.7 cm³/mol. The van der Waals surface area contributed by atoms with E-state index in [0.717, 1.165) is 43.8 Å². The molecule has 2 aromatic rings. The standard InChI is InChI=1S/C16H18ClFN4O2S/c1-11-8-12(21-16(20-11)22-6-2-3-7-22)10-19-25(23,24)13-4-5-15(18)14(17)9-13/h4-5,8-9,19H,2-3,6-7,10H2,1H3. The molecule has 0 saturated carbocycles. The third kappa shape index (κ3) is 4.26. The van der Waals surface area contributed by atoms with Gasteiger partial charge in [0.2, 0.25) is 16.0 Å². The minimum absolute atomic E-state index is 0.0154. The van der Waals surface area contributed by atoms with Gasteiger partial charge >= 0.3 is 0 Å². The molecule has 0 spiro atoms. The summed E-state index contributed by atoms with van der Waals surface area (Å²) in [6.45, 7) is 3.67. The number of nitrogens with one attached hydrogen (secondary N) is 1. The van der Waals surface area contributed by atoms with Gasteiger partial charge in [0, 0.05) is 18.8 Å². The molecule has 1 fully saturated rings. The maximum absolute atomic E-state index is 13.2. The van der Waals surface area contributed by atoms with Gasteiger partial charge in [-0.3, -0.25) is 0 Å². The van der Waals surface area contributed by atoms with E-state index in [2.05, 4.69) is 19.6 Å². The number of halogens is 2. The van der Waals surface area contributed by atoms with Crippen molar-refractivity contribution in [1.82, 2.24) is 14.7 Å². The van der Waals surface area contributed by atoms with Crippen LogP contribution in [0.1, 0.15) is 24.2 Å². The minimum atomic E-state index is -3.82. The number of hydrogen-bond donors (Lipinski definition) is 1. The van der Waals surface area contributed by atoms with Gasteiger partial charge in [-0.05, 0) is 44.0 Å². The first kappa shape index (κ1) is 18.0. The van der Waals surface area contributed by atoms with Crippen LogP contribution in [-0.2, 0) is 16.6 Å². The maximum atomic E-state index is 13.2. The largest absolute Gasteiger partial charge is 0.341 e. The predicted octanol–water partition coefficient (Wildman–Crippen LogP) is 2.66. The van der Waals surface area contributed by atoms with Gasteiger partial charge < -0.3 is 4.90 Å². The van der Waals surface area contributed by atoms with Gasteiger partial charge in [0.15, 0.2) is 0 Å². The Morgan fingerprint density at radius 2 is 1.96 bits per heavy atom. The van der Waals surface area contributed by atoms with E-state index in [-0.39, 0.29) is 16.5 Å². The monoisotopic (exact) mass is 384 g/mol. The Balaban J connectivity index is 1.77. The average molecular weight is 385 g/mol. The van der Waals surface area contributed by atoms with Gasteiger partial charge in [0.05, 0.1) is 22.2 Å². The number of benzene rings is 1. The van der Waals surface area contributed by atoms with Crippen molar-refractivity contribution in [2.45, 2.75) is 31.2 Å². The van der Waals surface area contributed by atoms with E-state index in [9.17, 15) is 12.8 Å². The molecule has 0 unspecified atom stereocenters. The molecule has 25 heavy (non-hydrogen) atoms. The molecule has 2 heterocycles. The summed E-state index contributed by atoms with van der Waals surface area (Å²) in [5, 5.41) is -0.239. The van der Waals surface area contributed by atoms with Gasteiger partial charge in [-0.1, -0.05) is 11.6 Å². The molecular formula is C16H18ClFN4O2S. The molecule has 0 amide bonds. The first-order valence-electron chi connectivity index (χ1n) is 7.89. The highest BCUT2D eigenvalue weighted by atomic mass is 35.5. The fraction of sp³-hybridized carbons (Fsp3) is 0.375. The third-order valence-electron chi connectivity index (χ3n) is 3.93. The highest BCUT2D eigenvalue weighted by molar-refractivity contribution is 7.89. The zero-order valence-corrected chi connectivity index (χ0v) is 15.2. The second kappa shape index (κ2) is 7.23. The Hall–Kier alpha value is -1.77. The Bertz CT molecular complexity index is 886. The lowest BCUT2D eigenvalue weighted by Gasteiger charge is -2.16. The zero-order valence-electron chi connectivity index (χ0n) is 13.7. The van der Waals surface area contributed by atoms with Gasteiger partial charge in [-0.15, -0.1) is 0 Å². The van der Waals surface area contributed by atoms with Crippen LogP contribution in [0.5, 0.6) is 0 Å². The molecule has 6 nitrogen and oxygen atoms in total. The first-order valence-corrected chi connectivity index (χ1v) is 9.75. The quantitative estimate of drug-likeness (QED) is 0.857. The van der Waals surface area contributed by atoms with Crippen molar-refractivity contribution in [3.63, 3.8) is 0 Å². The van der Waals surface area contributed by atoms with E-state index in [1.54, 1.807) is 6.07 Å². The summed E-state index contributed by atoms with van der Waals surface area (Å²) < 4.78 is 40.4. The second-order valence-corrected chi connectivity index (χ2v) is 8.07. The van der Waals surface area contributed by atoms with Crippen LogP contribution in [0.3, 0.4) is 0 Å². The average Bonchev–Trinajstić information content (AvgIpc) is 3.09. The molecule has 0 bridgehead atoms. The molecule has 0 aliphatic carbocycles. The highest BCUT2D eigenvalue weighted by Crippen LogP contribution is 2.20. The lowest BCUT2D eigenvalue weighted by atomic mass is 10.3. The topological polar surface area (TPSA) is 75.2 Å². The van der Waals surface area contributed by atoms with Crippen molar-refractivity contribution in [3.05, 3.63) is 46.5 Å². The number of hydrogen-bond acceptors (Lipinski definition) is 5. The summed E-state index contributed by atoms with van der Waals surface area (Å²) in [5.41, 5.74) is 1.35. The van der Waals surface area contributed by atoms with E-state index >= 15 is 0 Å². The molecule has 1 aliphatic rings. The zero-order chi connectivity index (χ0) is 18.0. The minimum Gasteiger partial charge on any atom is -0.341 e. The van der Waals surface area contributed by atoms with Crippen LogP contribution in [0, 0.1) is 12.7 Å². The van der Waals surface area contributed by atoms with Crippen molar-refractivity contribution in [2.24, 2.45) is 0 Å². The molecule has 0 atom stereocenters. The Morgan fingerprint density at radius 3 is 2.64 bits per heavy atom. The first-order chi connectivity index (χ1) is 11.8.